The van der Waals surface area contributed by atoms with Crippen LogP contribution in [0.3, 0.4) is 0 Å². The normalized spacial score (nSPS) is 13.1. The lowest BCUT2D eigenvalue weighted by molar-refractivity contribution is 0.632. The number of aromatic nitrogens is 1. The van der Waals surface area contributed by atoms with E-state index in [4.69, 9.17) is 17.3 Å². The van der Waals surface area contributed by atoms with Gasteiger partial charge >= 0.3 is 0 Å². The molecule has 0 aliphatic rings. The number of hydrogen-bond donors (Lipinski definition) is 1. The first-order valence-electron chi connectivity index (χ1n) is 7.18. The number of nitrogens with two attached hydrogens (primary N) is 1. The fraction of sp³-hybridized carbons (Fsp3) is 0.500. The van der Waals surface area contributed by atoms with Crippen LogP contribution in [-0.4, -0.2) is 10.6 Å². The van der Waals surface area contributed by atoms with Crippen molar-refractivity contribution in [2.75, 3.05) is 0 Å². The number of nitrogens with zero attached hydrogens (tertiary/aromatic N) is 1. The molecule has 0 amide bonds. The zero-order chi connectivity index (χ0) is 13.8. The minimum Gasteiger partial charge on any atom is -0.347 e. The maximum absolute atomic E-state index is 6.13. The Bertz CT molecular complexity index is 545. The van der Waals surface area contributed by atoms with E-state index in [1.807, 2.05) is 6.07 Å². The van der Waals surface area contributed by atoms with Crippen LogP contribution in [-0.2, 0) is 13.0 Å². The molecule has 0 aliphatic heterocycles. The monoisotopic (exact) mass is 278 g/mol. The molecule has 0 bridgehead atoms. The van der Waals surface area contributed by atoms with Crippen molar-refractivity contribution in [2.45, 2.75) is 52.1 Å². The molecule has 2 aromatic rings. The standard InChI is InChI=1S/C16H23ClN2/c1-3-5-8-19-11-12(9-14(18)4-2)15-7-6-13(17)10-16(15)19/h6-7,10-11,14H,3-5,8-9,18H2,1-2H3. The minimum atomic E-state index is 0.237. The van der Waals surface area contributed by atoms with Crippen LogP contribution < -0.4 is 5.73 Å². The minimum absolute atomic E-state index is 0.237. The first kappa shape index (κ1) is 14.4. The first-order valence-corrected chi connectivity index (χ1v) is 7.56. The van der Waals surface area contributed by atoms with E-state index in [-0.39, 0.29) is 6.04 Å². The summed E-state index contributed by atoms with van der Waals surface area (Å²) >= 11 is 6.13. The van der Waals surface area contributed by atoms with Gasteiger partial charge in [-0.1, -0.05) is 37.9 Å². The molecular weight excluding hydrogens is 256 g/mol. The van der Waals surface area contributed by atoms with Crippen LogP contribution >= 0.6 is 11.6 Å². The van der Waals surface area contributed by atoms with Crippen molar-refractivity contribution in [2.24, 2.45) is 5.73 Å². The fourth-order valence-corrected chi connectivity index (χ4v) is 2.61. The van der Waals surface area contributed by atoms with Crippen molar-refractivity contribution in [3.63, 3.8) is 0 Å². The Morgan fingerprint density at radius 3 is 2.79 bits per heavy atom. The number of fused-ring (bicyclic) bond motifs is 1. The lowest BCUT2D eigenvalue weighted by Crippen LogP contribution is -2.21. The molecule has 0 spiro atoms. The van der Waals surface area contributed by atoms with Gasteiger partial charge in [0.15, 0.2) is 0 Å². The van der Waals surface area contributed by atoms with Gasteiger partial charge in [-0.15, -0.1) is 0 Å². The molecule has 0 saturated heterocycles. The maximum atomic E-state index is 6.13. The van der Waals surface area contributed by atoms with E-state index in [1.165, 1.54) is 29.3 Å². The van der Waals surface area contributed by atoms with E-state index in [2.05, 4.69) is 36.7 Å². The van der Waals surface area contributed by atoms with E-state index in [0.717, 1.165) is 24.4 Å². The molecule has 2 nitrogen and oxygen atoms in total. The van der Waals surface area contributed by atoms with Gasteiger partial charge in [-0.2, -0.15) is 0 Å². The van der Waals surface area contributed by atoms with E-state index in [9.17, 15) is 0 Å². The third-order valence-electron chi connectivity index (χ3n) is 3.69. The lowest BCUT2D eigenvalue weighted by Gasteiger charge is -2.06. The molecule has 2 rings (SSSR count). The number of hydrogen-bond acceptors (Lipinski definition) is 1. The van der Waals surface area contributed by atoms with Gasteiger partial charge in [-0.3, -0.25) is 0 Å². The molecule has 0 saturated carbocycles. The molecule has 3 heteroatoms. The predicted molar refractivity (Wildman–Crippen MR) is 83.8 cm³/mol. The molecule has 1 aromatic carbocycles. The van der Waals surface area contributed by atoms with Gasteiger partial charge in [0.25, 0.3) is 0 Å². The summed E-state index contributed by atoms with van der Waals surface area (Å²) in [6, 6.07) is 6.39. The van der Waals surface area contributed by atoms with Gasteiger partial charge < -0.3 is 10.3 Å². The van der Waals surface area contributed by atoms with Crippen LogP contribution in [0.1, 0.15) is 38.7 Å². The zero-order valence-electron chi connectivity index (χ0n) is 11.8. The fourth-order valence-electron chi connectivity index (χ4n) is 2.44. The van der Waals surface area contributed by atoms with Gasteiger partial charge in [0.2, 0.25) is 0 Å². The van der Waals surface area contributed by atoms with Crippen molar-refractivity contribution in [3.8, 4) is 0 Å². The van der Waals surface area contributed by atoms with Crippen molar-refractivity contribution in [1.82, 2.24) is 4.57 Å². The SMILES string of the molecule is CCCCn1cc(CC(N)CC)c2ccc(Cl)cc21. The van der Waals surface area contributed by atoms with Crippen molar-refractivity contribution in [3.05, 3.63) is 35.0 Å². The van der Waals surface area contributed by atoms with E-state index >= 15 is 0 Å². The number of halogens is 1. The van der Waals surface area contributed by atoms with Crippen molar-refractivity contribution >= 4 is 22.5 Å². The molecule has 104 valence electrons. The number of unbranched alkanes of at least 4 members (excludes halogenated alkanes) is 1. The summed E-state index contributed by atoms with van der Waals surface area (Å²) in [5.74, 6) is 0. The summed E-state index contributed by atoms with van der Waals surface area (Å²) in [7, 11) is 0. The summed E-state index contributed by atoms with van der Waals surface area (Å²) in [6.45, 7) is 5.40. The highest BCUT2D eigenvalue weighted by molar-refractivity contribution is 6.31. The first-order chi connectivity index (χ1) is 9.15. The zero-order valence-corrected chi connectivity index (χ0v) is 12.6. The van der Waals surface area contributed by atoms with E-state index in [0.29, 0.717) is 0 Å². The molecular formula is C16H23ClN2. The molecule has 1 atom stereocenters. The summed E-state index contributed by atoms with van der Waals surface area (Å²) < 4.78 is 2.32. The average Bonchev–Trinajstić information content (AvgIpc) is 2.73. The summed E-state index contributed by atoms with van der Waals surface area (Å²) in [5, 5.41) is 2.10. The number of rotatable bonds is 6. The van der Waals surface area contributed by atoms with E-state index < -0.39 is 0 Å². The molecule has 1 heterocycles. The van der Waals surface area contributed by atoms with Crippen molar-refractivity contribution < 1.29 is 0 Å². The van der Waals surface area contributed by atoms with Gasteiger partial charge in [-0.25, -0.2) is 0 Å². The highest BCUT2D eigenvalue weighted by Gasteiger charge is 2.11. The van der Waals surface area contributed by atoms with Crippen LogP contribution in [0.15, 0.2) is 24.4 Å². The van der Waals surface area contributed by atoms with Crippen molar-refractivity contribution in [1.29, 1.82) is 0 Å². The number of aryl methyl sites for hydroxylation is 1. The summed E-state index contributed by atoms with van der Waals surface area (Å²) in [5.41, 5.74) is 8.68. The Balaban J connectivity index is 2.40. The lowest BCUT2D eigenvalue weighted by atomic mass is 10.0. The molecule has 0 radical (unpaired) electrons. The quantitative estimate of drug-likeness (QED) is 0.835. The van der Waals surface area contributed by atoms with Crippen LogP contribution in [0.5, 0.6) is 0 Å². The topological polar surface area (TPSA) is 30.9 Å². The van der Waals surface area contributed by atoms with Gasteiger partial charge in [0.1, 0.15) is 0 Å². The third-order valence-corrected chi connectivity index (χ3v) is 3.92. The molecule has 1 aromatic heterocycles. The summed E-state index contributed by atoms with van der Waals surface area (Å²) in [6.07, 6.45) is 6.59. The number of benzene rings is 1. The van der Waals surface area contributed by atoms with Crippen LogP contribution in [0.25, 0.3) is 10.9 Å². The second-order valence-corrected chi connectivity index (χ2v) is 5.67. The highest BCUT2D eigenvalue weighted by Crippen LogP contribution is 2.26. The van der Waals surface area contributed by atoms with Gasteiger partial charge in [0.05, 0.1) is 0 Å². The van der Waals surface area contributed by atoms with Crippen LogP contribution in [0, 0.1) is 0 Å². The maximum Gasteiger partial charge on any atom is 0.0498 e. The smallest absolute Gasteiger partial charge is 0.0498 e. The largest absolute Gasteiger partial charge is 0.347 e. The second-order valence-electron chi connectivity index (χ2n) is 5.24. The van der Waals surface area contributed by atoms with Gasteiger partial charge in [0, 0.05) is 34.7 Å². The Kier molecular flexibility index (Phi) is 4.89. The third kappa shape index (κ3) is 3.31. The average molecular weight is 279 g/mol. The van der Waals surface area contributed by atoms with Crippen LogP contribution in [0.4, 0.5) is 0 Å². The second kappa shape index (κ2) is 6.44. The molecule has 19 heavy (non-hydrogen) atoms. The Morgan fingerprint density at radius 2 is 2.11 bits per heavy atom. The summed E-state index contributed by atoms with van der Waals surface area (Å²) in [4.78, 5) is 0. The van der Waals surface area contributed by atoms with Crippen LogP contribution in [0.2, 0.25) is 5.02 Å². The Labute approximate surface area is 120 Å². The van der Waals surface area contributed by atoms with E-state index in [1.54, 1.807) is 0 Å². The molecule has 0 fully saturated rings. The molecule has 1 unspecified atom stereocenters. The predicted octanol–water partition coefficient (Wildman–Crippen LogP) is 4.37. The Morgan fingerprint density at radius 1 is 1.32 bits per heavy atom. The highest BCUT2D eigenvalue weighted by atomic mass is 35.5. The Hall–Kier alpha value is -0.990. The molecule has 2 N–H and O–H groups in total. The van der Waals surface area contributed by atoms with Gasteiger partial charge in [-0.05, 0) is 37.0 Å². The molecule has 0 aliphatic carbocycles.